The Labute approximate surface area is 136 Å². The Bertz CT molecular complexity index is 787. The molecule has 0 atom stereocenters. The van der Waals surface area contributed by atoms with Gasteiger partial charge in [-0.05, 0) is 29.7 Å². The number of allylic oxidation sites excluding steroid dienone is 6. The summed E-state index contributed by atoms with van der Waals surface area (Å²) in [5.41, 5.74) is 18.4. The van der Waals surface area contributed by atoms with Gasteiger partial charge in [-0.1, -0.05) is 36.4 Å². The summed E-state index contributed by atoms with van der Waals surface area (Å²) in [6.07, 6.45) is 3.76. The third-order valence-electron chi connectivity index (χ3n) is 3.46. The Morgan fingerprint density at radius 1 is 1.17 bits per heavy atom. The van der Waals surface area contributed by atoms with E-state index in [2.05, 4.69) is 24.3 Å². The smallest absolute Gasteiger partial charge is 0.475 e. The van der Waals surface area contributed by atoms with Gasteiger partial charge in [0.05, 0.1) is 0 Å². The lowest BCUT2D eigenvalue weighted by Gasteiger charge is -2.21. The first-order chi connectivity index (χ1) is 11.2. The monoisotopic (exact) mass is 336 g/mol. The van der Waals surface area contributed by atoms with Crippen LogP contribution in [0.2, 0.25) is 0 Å². The molecule has 0 spiro atoms. The van der Waals surface area contributed by atoms with E-state index in [1.807, 2.05) is 24.3 Å². The number of hydrogen-bond donors (Lipinski definition) is 3. The zero-order valence-corrected chi connectivity index (χ0v) is 12.5. The summed E-state index contributed by atoms with van der Waals surface area (Å²) < 4.78 is 31.7. The van der Waals surface area contributed by atoms with Crippen molar-refractivity contribution in [2.45, 2.75) is 12.6 Å². The molecule has 0 saturated heterocycles. The number of nitrogens with two attached hydrogens (primary N) is 2. The van der Waals surface area contributed by atoms with Gasteiger partial charge in [-0.2, -0.15) is 13.2 Å². The fraction of sp³-hybridized carbons (Fsp3) is 0.118. The molecule has 0 heterocycles. The third kappa shape index (κ3) is 3.87. The quantitative estimate of drug-likeness (QED) is 0.679. The molecule has 4 nitrogen and oxygen atoms in total. The fourth-order valence-electron chi connectivity index (χ4n) is 2.36. The van der Waals surface area contributed by atoms with Gasteiger partial charge in [0.2, 0.25) is 0 Å². The highest BCUT2D eigenvalue weighted by Gasteiger charge is 2.38. The van der Waals surface area contributed by atoms with Crippen LogP contribution >= 0.6 is 0 Å². The van der Waals surface area contributed by atoms with Crippen LogP contribution in [0.4, 0.5) is 13.2 Å². The zero-order valence-electron chi connectivity index (χ0n) is 12.5. The second-order valence-electron chi connectivity index (χ2n) is 5.16. The highest BCUT2D eigenvalue weighted by atomic mass is 19.4. The average Bonchev–Trinajstić information content (AvgIpc) is 2.69. The lowest BCUT2D eigenvalue weighted by molar-refractivity contribution is -0.192. The number of fused-ring (bicyclic) bond motifs is 2. The molecule has 1 aromatic rings. The molecule has 0 aliphatic heterocycles. The van der Waals surface area contributed by atoms with Crippen molar-refractivity contribution in [1.29, 1.82) is 0 Å². The van der Waals surface area contributed by atoms with E-state index in [-0.39, 0.29) is 0 Å². The van der Waals surface area contributed by atoms with Crippen LogP contribution in [0.15, 0.2) is 65.4 Å². The predicted octanol–water partition coefficient (Wildman–Crippen LogP) is 2.88. The molecule has 0 saturated carbocycles. The van der Waals surface area contributed by atoms with Gasteiger partial charge in [0.25, 0.3) is 0 Å². The van der Waals surface area contributed by atoms with E-state index in [1.54, 1.807) is 0 Å². The molecular weight excluding hydrogens is 321 g/mol. The van der Waals surface area contributed by atoms with Crippen LogP contribution in [-0.2, 0) is 11.2 Å². The van der Waals surface area contributed by atoms with Gasteiger partial charge in [-0.15, -0.1) is 0 Å². The van der Waals surface area contributed by atoms with Crippen LogP contribution in [-0.4, -0.2) is 17.3 Å². The summed E-state index contributed by atoms with van der Waals surface area (Å²) in [5, 5.41) is 7.12. The summed E-state index contributed by atoms with van der Waals surface area (Å²) in [6, 6.07) is 8.26. The first-order valence-electron chi connectivity index (χ1n) is 6.93. The van der Waals surface area contributed by atoms with Gasteiger partial charge in [0.1, 0.15) is 0 Å². The Kier molecular flexibility index (Phi) is 4.82. The molecule has 2 aliphatic carbocycles. The van der Waals surface area contributed by atoms with Gasteiger partial charge in [0.15, 0.2) is 0 Å². The zero-order chi connectivity index (χ0) is 17.9. The maximum Gasteiger partial charge on any atom is 0.490 e. The number of carboxylic acid groups (broad SMARTS) is 1. The molecule has 0 radical (unpaired) electrons. The number of alkyl halides is 3. The molecular formula is C17H15F3N2O2. The Morgan fingerprint density at radius 2 is 1.79 bits per heavy atom. The molecule has 0 fully saturated rings. The number of rotatable bonds is 0. The summed E-state index contributed by atoms with van der Waals surface area (Å²) in [7, 11) is 0. The third-order valence-corrected chi connectivity index (χ3v) is 3.46. The van der Waals surface area contributed by atoms with E-state index in [0.717, 1.165) is 29.0 Å². The van der Waals surface area contributed by atoms with E-state index >= 15 is 0 Å². The highest BCUT2D eigenvalue weighted by Crippen LogP contribution is 2.33. The molecule has 5 N–H and O–H groups in total. The van der Waals surface area contributed by atoms with Crippen molar-refractivity contribution < 1.29 is 23.1 Å². The van der Waals surface area contributed by atoms with Crippen LogP contribution in [0.25, 0.3) is 5.70 Å². The maximum atomic E-state index is 10.6. The molecule has 1 aromatic carbocycles. The van der Waals surface area contributed by atoms with Gasteiger partial charge >= 0.3 is 12.1 Å². The standard InChI is InChI=1S/C15H14N2.C2HF3O2/c16-12-6-3-5-11-8-10-4-1-2-7-13(10)15(17)14(11)9-12;3-2(4,5)1(6)7/h1-7,9H,8,16-17H2;(H,6,7). The molecule has 3 rings (SSSR count). The number of hydrogen-bond acceptors (Lipinski definition) is 3. The van der Waals surface area contributed by atoms with Crippen LogP contribution in [0, 0.1) is 0 Å². The van der Waals surface area contributed by atoms with Crippen molar-refractivity contribution in [3.05, 3.63) is 76.5 Å². The maximum absolute atomic E-state index is 10.6. The fourth-order valence-corrected chi connectivity index (χ4v) is 2.36. The number of halogens is 3. The Morgan fingerprint density at radius 3 is 2.42 bits per heavy atom. The van der Waals surface area contributed by atoms with Crippen molar-refractivity contribution in [1.82, 2.24) is 0 Å². The van der Waals surface area contributed by atoms with Crippen LogP contribution in [0.3, 0.4) is 0 Å². The van der Waals surface area contributed by atoms with Crippen molar-refractivity contribution in [2.24, 2.45) is 11.5 Å². The molecule has 7 heteroatoms. The topological polar surface area (TPSA) is 89.3 Å². The van der Waals surface area contributed by atoms with Crippen molar-refractivity contribution in [3.8, 4) is 0 Å². The van der Waals surface area contributed by atoms with Crippen LogP contribution in [0.1, 0.15) is 11.1 Å². The molecule has 0 aromatic heterocycles. The minimum Gasteiger partial charge on any atom is -0.475 e. The van der Waals surface area contributed by atoms with Gasteiger partial charge < -0.3 is 16.6 Å². The SMILES string of the molecule is NC1=CC2=C(N)c3ccccc3CC2=CC=C1.O=C(O)C(F)(F)F. The number of aliphatic carboxylic acids is 1. The molecule has 0 bridgehead atoms. The van der Waals surface area contributed by atoms with E-state index in [9.17, 15) is 13.2 Å². The van der Waals surface area contributed by atoms with E-state index in [4.69, 9.17) is 21.4 Å². The van der Waals surface area contributed by atoms with E-state index in [1.165, 1.54) is 11.1 Å². The highest BCUT2D eigenvalue weighted by molar-refractivity contribution is 5.79. The summed E-state index contributed by atoms with van der Waals surface area (Å²) in [5.74, 6) is -2.76. The van der Waals surface area contributed by atoms with Gasteiger partial charge in [0, 0.05) is 22.5 Å². The van der Waals surface area contributed by atoms with Gasteiger partial charge in [-0.25, -0.2) is 4.79 Å². The lowest BCUT2D eigenvalue weighted by atomic mass is 9.85. The van der Waals surface area contributed by atoms with Crippen LogP contribution < -0.4 is 11.5 Å². The molecule has 126 valence electrons. The summed E-state index contributed by atoms with van der Waals surface area (Å²) >= 11 is 0. The number of benzene rings is 1. The molecule has 2 aliphatic rings. The Hall–Kier alpha value is -2.96. The number of carboxylic acids is 1. The molecule has 24 heavy (non-hydrogen) atoms. The largest absolute Gasteiger partial charge is 0.490 e. The van der Waals surface area contributed by atoms with Crippen LogP contribution in [0.5, 0.6) is 0 Å². The number of carbonyl (C=O) groups is 1. The molecule has 0 amide bonds. The van der Waals surface area contributed by atoms with E-state index in [0.29, 0.717) is 0 Å². The molecule has 0 unspecified atom stereocenters. The first-order valence-corrected chi connectivity index (χ1v) is 6.93. The second kappa shape index (κ2) is 6.66. The first kappa shape index (κ1) is 17.4. The minimum atomic E-state index is -5.08. The minimum absolute atomic E-state index is 0.744. The average molecular weight is 336 g/mol. The predicted molar refractivity (Wildman–Crippen MR) is 84.4 cm³/mol. The lowest BCUT2D eigenvalue weighted by Crippen LogP contribution is -2.21. The second-order valence-corrected chi connectivity index (χ2v) is 5.16. The Balaban J connectivity index is 0.000000256. The summed E-state index contributed by atoms with van der Waals surface area (Å²) in [4.78, 5) is 8.90. The van der Waals surface area contributed by atoms with E-state index < -0.39 is 12.1 Å². The van der Waals surface area contributed by atoms with Crippen molar-refractivity contribution >= 4 is 11.7 Å². The van der Waals surface area contributed by atoms with Gasteiger partial charge in [-0.3, -0.25) is 0 Å². The van der Waals surface area contributed by atoms with Crippen molar-refractivity contribution in [2.75, 3.05) is 0 Å². The summed E-state index contributed by atoms with van der Waals surface area (Å²) in [6.45, 7) is 0. The normalized spacial score (nSPS) is 16.0. The van der Waals surface area contributed by atoms with Crippen molar-refractivity contribution in [3.63, 3.8) is 0 Å².